The van der Waals surface area contributed by atoms with Gasteiger partial charge in [0.2, 0.25) is 0 Å². The Bertz CT molecular complexity index is 2260. The molecule has 4 aliphatic heterocycles. The lowest BCUT2D eigenvalue weighted by molar-refractivity contribution is 0.0367. The number of aromatic nitrogens is 3. The smallest absolute Gasteiger partial charge is 0.319 e. The highest BCUT2D eigenvalue weighted by Crippen LogP contribution is 2.44. The summed E-state index contributed by atoms with van der Waals surface area (Å²) in [5.41, 5.74) is 2.27. The maximum Gasteiger partial charge on any atom is 0.319 e. The summed E-state index contributed by atoms with van der Waals surface area (Å²) >= 11 is 0. The van der Waals surface area contributed by atoms with Gasteiger partial charge in [0, 0.05) is 49.2 Å². The zero-order valence-corrected chi connectivity index (χ0v) is 34.4. The Hall–Kier alpha value is -4.06. The number of benzene rings is 2. The van der Waals surface area contributed by atoms with E-state index in [1.165, 1.54) is 30.5 Å². The molecule has 0 amide bonds. The van der Waals surface area contributed by atoms with E-state index in [1.54, 1.807) is 4.90 Å². The SMILES string of the molecule is CC(C)[Si](C#Cc1c(F)ccc2cc(O)cc(-c3ncc4c(N5CC6CCC(C(F)F)(C5)N6)nc(OC[C@@]56CCCN5C[C@H](F)C6)nc4c3F)c12)(C(C)C)C(C)C. The monoisotopic (exact) mass is 806 g/mol. The number of piperazine rings is 1. The molecule has 14 heteroatoms. The first-order chi connectivity index (χ1) is 27.1. The number of phenolic OH excluding ortho intramolecular Hbond substituents is 1. The summed E-state index contributed by atoms with van der Waals surface area (Å²) in [6.07, 6.45) is 0.510. The van der Waals surface area contributed by atoms with Gasteiger partial charge in [0.25, 0.3) is 6.43 Å². The quantitative estimate of drug-likeness (QED) is 0.0986. The number of fused-ring (bicyclic) bond motifs is 5. The van der Waals surface area contributed by atoms with Gasteiger partial charge in [-0.2, -0.15) is 9.97 Å². The van der Waals surface area contributed by atoms with E-state index in [-0.39, 0.29) is 87.5 Å². The molecule has 4 saturated heterocycles. The Labute approximate surface area is 331 Å². The van der Waals surface area contributed by atoms with Gasteiger partial charge in [0.1, 0.15) is 49.4 Å². The lowest BCUT2D eigenvalue weighted by Gasteiger charge is -2.41. The van der Waals surface area contributed by atoms with E-state index in [0.717, 1.165) is 19.4 Å². The number of aromatic hydroxyl groups is 1. The number of nitrogens with one attached hydrogen (secondary N) is 1. The van der Waals surface area contributed by atoms with E-state index in [1.807, 2.05) is 0 Å². The average molecular weight is 807 g/mol. The Morgan fingerprint density at radius 2 is 1.79 bits per heavy atom. The molecule has 2 bridgehead atoms. The van der Waals surface area contributed by atoms with Gasteiger partial charge < -0.3 is 20.1 Å². The fourth-order valence-electron chi connectivity index (χ4n) is 10.8. The fourth-order valence-corrected chi connectivity index (χ4v) is 16.0. The summed E-state index contributed by atoms with van der Waals surface area (Å²) < 4.78 is 83.6. The summed E-state index contributed by atoms with van der Waals surface area (Å²) in [7, 11) is -2.33. The Morgan fingerprint density at radius 1 is 1.04 bits per heavy atom. The number of anilines is 1. The first-order valence-corrected chi connectivity index (χ1v) is 22.5. The maximum absolute atomic E-state index is 17.4. The van der Waals surface area contributed by atoms with Crippen molar-refractivity contribution in [2.75, 3.05) is 37.7 Å². The molecule has 2 aromatic carbocycles. The summed E-state index contributed by atoms with van der Waals surface area (Å²) in [5, 5.41) is 15.0. The van der Waals surface area contributed by atoms with E-state index in [2.05, 4.69) is 73.2 Å². The van der Waals surface area contributed by atoms with Crippen molar-refractivity contribution >= 4 is 35.6 Å². The van der Waals surface area contributed by atoms with Crippen LogP contribution in [0.5, 0.6) is 11.8 Å². The predicted octanol–water partition coefficient (Wildman–Crippen LogP) is 8.93. The van der Waals surface area contributed by atoms with Crippen molar-refractivity contribution in [2.45, 2.75) is 120 Å². The maximum atomic E-state index is 17.4. The first-order valence-electron chi connectivity index (χ1n) is 20.2. The molecule has 4 aromatic rings. The highest BCUT2D eigenvalue weighted by Gasteiger charge is 2.52. The van der Waals surface area contributed by atoms with Crippen LogP contribution < -0.4 is 15.0 Å². The lowest BCUT2D eigenvalue weighted by atomic mass is 9.95. The van der Waals surface area contributed by atoms with Crippen molar-refractivity contribution in [3.63, 3.8) is 0 Å². The average Bonchev–Trinajstić information content (AvgIpc) is 3.79. The summed E-state index contributed by atoms with van der Waals surface area (Å²) in [6, 6.07) is 5.27. The van der Waals surface area contributed by atoms with E-state index < -0.39 is 43.4 Å². The number of pyridine rings is 1. The van der Waals surface area contributed by atoms with E-state index >= 15 is 8.78 Å². The molecule has 0 spiro atoms. The van der Waals surface area contributed by atoms with Crippen molar-refractivity contribution in [3.8, 4) is 34.5 Å². The molecule has 2 aromatic heterocycles. The summed E-state index contributed by atoms with van der Waals surface area (Å²) in [4.78, 5) is 17.7. The van der Waals surface area contributed by atoms with Gasteiger partial charge in [-0.25, -0.2) is 22.0 Å². The zero-order valence-electron chi connectivity index (χ0n) is 33.4. The molecule has 2 unspecified atom stereocenters. The molecule has 2 N–H and O–H groups in total. The molecule has 304 valence electrons. The van der Waals surface area contributed by atoms with Gasteiger partial charge in [0.15, 0.2) is 5.82 Å². The summed E-state index contributed by atoms with van der Waals surface area (Å²) in [6.45, 7) is 14.4. The van der Waals surface area contributed by atoms with Gasteiger partial charge in [0.05, 0.1) is 22.0 Å². The van der Waals surface area contributed by atoms with E-state index in [9.17, 15) is 18.3 Å². The topological polar surface area (TPSA) is 86.6 Å². The lowest BCUT2D eigenvalue weighted by Crippen LogP contribution is -2.63. The van der Waals surface area contributed by atoms with Gasteiger partial charge in [-0.3, -0.25) is 9.88 Å². The van der Waals surface area contributed by atoms with Crippen LogP contribution in [-0.2, 0) is 0 Å². The van der Waals surface area contributed by atoms with Crippen molar-refractivity contribution in [3.05, 3.63) is 47.7 Å². The molecule has 4 fully saturated rings. The normalized spacial score (nSPS) is 25.1. The van der Waals surface area contributed by atoms with Crippen LogP contribution in [0, 0.1) is 23.1 Å². The third kappa shape index (κ3) is 6.61. The van der Waals surface area contributed by atoms with Crippen LogP contribution in [0.2, 0.25) is 16.6 Å². The number of hydrogen-bond acceptors (Lipinski definition) is 8. The molecular weight excluding hydrogens is 756 g/mol. The molecule has 4 atom stereocenters. The molecule has 0 saturated carbocycles. The third-order valence-corrected chi connectivity index (χ3v) is 19.8. The number of phenols is 1. The first kappa shape index (κ1) is 39.7. The van der Waals surface area contributed by atoms with Crippen molar-refractivity contribution in [2.24, 2.45) is 0 Å². The second kappa shape index (κ2) is 14.6. The molecule has 4 aliphatic rings. The van der Waals surface area contributed by atoms with E-state index in [0.29, 0.717) is 36.7 Å². The Balaban J connectivity index is 1.30. The number of nitrogens with zero attached hydrogens (tertiary/aromatic N) is 5. The molecular formula is C43H51F5N6O2Si. The molecule has 0 aliphatic carbocycles. The standard InChI is InChI=1S/C43H51F5N6O2Si/c1-24(2)57(25(3)4,26(5)6)15-11-31-34(45)9-8-27-16-30(55)17-32(35(27)31)37-36(46)38-33(19-49-37)39(53-21-29-10-13-43(22-53,52-29)40(47)48)51-41(50-38)56-23-42-12-7-14-54(42)20-28(44)18-42/h8-9,16-17,19,24-26,28-29,40,52,55H,7,10,12-14,18,20-23H2,1-6H3/t28-,29?,42+,43?/m1/s1. The van der Waals surface area contributed by atoms with Crippen LogP contribution >= 0.6 is 0 Å². The van der Waals surface area contributed by atoms with Crippen molar-refractivity contribution in [1.82, 2.24) is 25.2 Å². The van der Waals surface area contributed by atoms with E-state index in [4.69, 9.17) is 9.72 Å². The minimum Gasteiger partial charge on any atom is -0.508 e. The van der Waals surface area contributed by atoms with Crippen molar-refractivity contribution < 1.29 is 31.8 Å². The highest BCUT2D eigenvalue weighted by molar-refractivity contribution is 6.90. The predicted molar refractivity (Wildman–Crippen MR) is 215 cm³/mol. The van der Waals surface area contributed by atoms with Gasteiger partial charge in [-0.05, 0) is 72.4 Å². The Morgan fingerprint density at radius 3 is 2.51 bits per heavy atom. The molecule has 8 rings (SSSR count). The number of alkyl halides is 3. The van der Waals surface area contributed by atoms with Gasteiger partial charge >= 0.3 is 6.01 Å². The molecule has 0 radical (unpaired) electrons. The van der Waals surface area contributed by atoms with Crippen molar-refractivity contribution in [1.29, 1.82) is 0 Å². The number of rotatable bonds is 9. The number of ether oxygens (including phenoxy) is 1. The second-order valence-electron chi connectivity index (χ2n) is 17.8. The zero-order chi connectivity index (χ0) is 40.6. The van der Waals surface area contributed by atoms with Crippen LogP contribution in [0.3, 0.4) is 0 Å². The molecule has 8 nitrogen and oxygen atoms in total. The highest BCUT2D eigenvalue weighted by atomic mass is 28.3. The third-order valence-electron chi connectivity index (χ3n) is 13.5. The van der Waals surface area contributed by atoms with Crippen LogP contribution in [0.1, 0.15) is 79.2 Å². The van der Waals surface area contributed by atoms with Crippen LogP contribution in [0.25, 0.3) is 32.9 Å². The molecule has 6 heterocycles. The number of halogens is 5. The summed E-state index contributed by atoms with van der Waals surface area (Å²) in [5.74, 6) is 1.81. The minimum atomic E-state index is -2.65. The Kier molecular flexibility index (Phi) is 10.2. The number of hydrogen-bond donors (Lipinski definition) is 2. The van der Waals surface area contributed by atoms with Crippen LogP contribution in [0.4, 0.5) is 27.8 Å². The minimum absolute atomic E-state index is 0.0789. The van der Waals surface area contributed by atoms with Crippen LogP contribution in [-0.4, -0.2) is 95.5 Å². The van der Waals surface area contributed by atoms with Gasteiger partial charge in [-0.1, -0.05) is 53.5 Å². The fraction of sp³-hybridized carbons (Fsp3) is 0.558. The van der Waals surface area contributed by atoms with Gasteiger partial charge in [-0.15, -0.1) is 5.54 Å². The van der Waals surface area contributed by atoms with Crippen LogP contribution in [0.15, 0.2) is 30.5 Å². The molecule has 57 heavy (non-hydrogen) atoms. The largest absolute Gasteiger partial charge is 0.508 e. The second-order valence-corrected chi connectivity index (χ2v) is 23.3.